The first kappa shape index (κ1) is 22.6. The average molecular weight is 465 g/mol. The molecule has 7 heteroatoms. The molecular weight excluding hydrogens is 436 g/mol. The minimum Gasteiger partial charge on any atom is -0.398 e. The maximum absolute atomic E-state index is 13.3. The molecule has 0 spiro atoms. The summed E-state index contributed by atoms with van der Waals surface area (Å²) in [5, 5.41) is 15.9. The second-order valence-electron chi connectivity index (χ2n) is 7.83. The van der Waals surface area contributed by atoms with Crippen molar-refractivity contribution >= 4 is 46.1 Å². The lowest BCUT2D eigenvalue weighted by Gasteiger charge is -2.26. The number of likely N-dealkylation sites (tertiary alicyclic amines) is 1. The summed E-state index contributed by atoms with van der Waals surface area (Å²) >= 11 is 3.35. The number of nitrogen functional groups attached to an aromatic ring is 1. The third-order valence-corrected chi connectivity index (χ3v) is 7.21. The summed E-state index contributed by atoms with van der Waals surface area (Å²) in [7, 11) is 0. The van der Waals surface area contributed by atoms with Crippen LogP contribution >= 0.6 is 23.1 Å². The standard InChI is InChI=1S/C25H28N4OS2/c1-2-32-20-7-5-6-17(14-20)23(27)21-15-19(8-9-22(21)26)28-25(30)24(18-10-13-31-16-18)29-11-3-4-12-29/h5-10,13-16,24,27H,2-4,11-12,26H2,1H3,(H,28,30). The third kappa shape index (κ3) is 5.06. The van der Waals surface area contributed by atoms with E-state index in [4.69, 9.17) is 11.1 Å². The smallest absolute Gasteiger partial charge is 0.246 e. The maximum Gasteiger partial charge on any atom is 0.246 e. The number of carbonyl (C=O) groups is 1. The molecule has 0 aliphatic carbocycles. The van der Waals surface area contributed by atoms with E-state index in [9.17, 15) is 4.79 Å². The van der Waals surface area contributed by atoms with Crippen LogP contribution in [0.15, 0.2) is 64.2 Å². The van der Waals surface area contributed by atoms with Crippen LogP contribution in [0.25, 0.3) is 0 Å². The summed E-state index contributed by atoms with van der Waals surface area (Å²) in [5.74, 6) is 0.928. The van der Waals surface area contributed by atoms with Gasteiger partial charge in [-0.05, 0) is 84.4 Å². The van der Waals surface area contributed by atoms with Crippen molar-refractivity contribution in [3.63, 3.8) is 0 Å². The first-order valence-corrected chi connectivity index (χ1v) is 12.8. The molecule has 4 rings (SSSR count). The summed E-state index contributed by atoms with van der Waals surface area (Å²) in [6.45, 7) is 3.97. The van der Waals surface area contributed by atoms with Crippen LogP contribution in [-0.2, 0) is 4.79 Å². The number of nitrogens with two attached hydrogens (primary N) is 1. The van der Waals surface area contributed by atoms with Crippen LogP contribution in [0.1, 0.15) is 42.5 Å². The van der Waals surface area contributed by atoms with Crippen molar-refractivity contribution in [1.82, 2.24) is 4.90 Å². The molecule has 1 amide bonds. The molecule has 0 radical (unpaired) electrons. The van der Waals surface area contributed by atoms with E-state index < -0.39 is 0 Å². The van der Waals surface area contributed by atoms with Gasteiger partial charge in [0.05, 0.1) is 5.71 Å². The quantitative estimate of drug-likeness (QED) is 0.229. The Kier molecular flexibility index (Phi) is 7.29. The van der Waals surface area contributed by atoms with E-state index in [2.05, 4.69) is 17.1 Å². The van der Waals surface area contributed by atoms with Gasteiger partial charge < -0.3 is 11.1 Å². The second-order valence-corrected chi connectivity index (χ2v) is 9.95. The highest BCUT2D eigenvalue weighted by molar-refractivity contribution is 7.99. The third-order valence-electron chi connectivity index (χ3n) is 5.64. The molecule has 32 heavy (non-hydrogen) atoms. The van der Waals surface area contributed by atoms with E-state index in [0.29, 0.717) is 22.6 Å². The Morgan fingerprint density at radius 1 is 1.22 bits per heavy atom. The number of nitrogens with zero attached hydrogens (tertiary/aromatic N) is 1. The van der Waals surface area contributed by atoms with Gasteiger partial charge in [-0.15, -0.1) is 11.8 Å². The summed E-state index contributed by atoms with van der Waals surface area (Å²) in [4.78, 5) is 16.7. The molecule has 1 aliphatic heterocycles. The topological polar surface area (TPSA) is 82.2 Å². The number of nitrogens with one attached hydrogen (secondary N) is 2. The zero-order valence-electron chi connectivity index (χ0n) is 18.1. The molecule has 1 saturated heterocycles. The first-order chi connectivity index (χ1) is 15.6. The number of thiophene rings is 1. The number of rotatable bonds is 8. The molecule has 3 aromatic rings. The lowest BCUT2D eigenvalue weighted by Crippen LogP contribution is -2.35. The lowest BCUT2D eigenvalue weighted by molar-refractivity contribution is -0.121. The van der Waals surface area contributed by atoms with Crippen molar-refractivity contribution in [2.75, 3.05) is 29.9 Å². The minimum absolute atomic E-state index is 0.0473. The van der Waals surface area contributed by atoms with E-state index in [-0.39, 0.29) is 11.9 Å². The number of hydrogen-bond donors (Lipinski definition) is 3. The Bertz CT molecular complexity index is 1090. The maximum atomic E-state index is 13.3. The Hall–Kier alpha value is -2.61. The highest BCUT2D eigenvalue weighted by atomic mass is 32.2. The molecule has 5 nitrogen and oxygen atoms in total. The highest BCUT2D eigenvalue weighted by Crippen LogP contribution is 2.29. The Morgan fingerprint density at radius 3 is 2.75 bits per heavy atom. The Morgan fingerprint density at radius 2 is 2.03 bits per heavy atom. The van der Waals surface area contributed by atoms with Gasteiger partial charge in [0.2, 0.25) is 5.91 Å². The Balaban J connectivity index is 1.57. The van der Waals surface area contributed by atoms with Crippen LogP contribution in [0.4, 0.5) is 11.4 Å². The largest absolute Gasteiger partial charge is 0.398 e. The van der Waals surface area contributed by atoms with Crippen LogP contribution in [0.2, 0.25) is 0 Å². The molecule has 1 unspecified atom stereocenters. The molecule has 2 heterocycles. The Labute approximate surface area is 197 Å². The summed E-state index contributed by atoms with van der Waals surface area (Å²) in [6.07, 6.45) is 2.24. The van der Waals surface area contributed by atoms with Crippen molar-refractivity contribution in [3.05, 3.63) is 76.0 Å². The van der Waals surface area contributed by atoms with Gasteiger partial charge in [-0.2, -0.15) is 11.3 Å². The number of amides is 1. The monoisotopic (exact) mass is 464 g/mol. The van der Waals surface area contributed by atoms with E-state index in [1.807, 2.05) is 53.2 Å². The van der Waals surface area contributed by atoms with Crippen molar-refractivity contribution in [1.29, 1.82) is 5.41 Å². The normalized spacial score (nSPS) is 14.9. The van der Waals surface area contributed by atoms with Gasteiger partial charge in [0.25, 0.3) is 0 Å². The lowest BCUT2D eigenvalue weighted by atomic mass is 10.00. The second kappa shape index (κ2) is 10.3. The molecule has 0 saturated carbocycles. The van der Waals surface area contributed by atoms with Crippen LogP contribution in [0.3, 0.4) is 0 Å². The number of carbonyl (C=O) groups excluding carboxylic acids is 1. The van der Waals surface area contributed by atoms with Gasteiger partial charge >= 0.3 is 0 Å². The number of thioether (sulfide) groups is 1. The zero-order chi connectivity index (χ0) is 22.5. The van der Waals surface area contributed by atoms with Gasteiger partial charge in [-0.3, -0.25) is 15.1 Å². The van der Waals surface area contributed by atoms with Gasteiger partial charge in [0, 0.05) is 27.4 Å². The number of hydrogen-bond acceptors (Lipinski definition) is 6. The summed E-state index contributed by atoms with van der Waals surface area (Å²) in [5.41, 5.74) is 10.2. The fraction of sp³-hybridized carbons (Fsp3) is 0.280. The van der Waals surface area contributed by atoms with Gasteiger partial charge in [0.15, 0.2) is 0 Å². The summed E-state index contributed by atoms with van der Waals surface area (Å²) < 4.78 is 0. The van der Waals surface area contributed by atoms with Crippen LogP contribution < -0.4 is 11.1 Å². The number of benzene rings is 2. The van der Waals surface area contributed by atoms with Crippen LogP contribution in [-0.4, -0.2) is 35.4 Å². The average Bonchev–Trinajstić information content (AvgIpc) is 3.50. The van der Waals surface area contributed by atoms with E-state index in [1.54, 1.807) is 29.2 Å². The molecule has 1 aliphatic rings. The molecule has 166 valence electrons. The van der Waals surface area contributed by atoms with Gasteiger partial charge in [-0.25, -0.2) is 0 Å². The molecule has 1 fully saturated rings. The molecular formula is C25H28N4OS2. The van der Waals surface area contributed by atoms with Crippen molar-refractivity contribution in [3.8, 4) is 0 Å². The van der Waals surface area contributed by atoms with Gasteiger partial charge in [0.1, 0.15) is 6.04 Å². The molecule has 1 aromatic heterocycles. The van der Waals surface area contributed by atoms with E-state index in [1.165, 1.54) is 0 Å². The molecule has 0 bridgehead atoms. The minimum atomic E-state index is -0.299. The van der Waals surface area contributed by atoms with Gasteiger partial charge in [-0.1, -0.05) is 19.1 Å². The predicted octanol–water partition coefficient (Wildman–Crippen LogP) is 5.63. The summed E-state index contributed by atoms with van der Waals surface area (Å²) in [6, 6.07) is 15.1. The zero-order valence-corrected chi connectivity index (χ0v) is 19.8. The first-order valence-electron chi connectivity index (χ1n) is 10.9. The fourth-order valence-electron chi connectivity index (χ4n) is 4.08. The molecule has 2 aromatic carbocycles. The number of anilines is 2. The highest BCUT2D eigenvalue weighted by Gasteiger charge is 2.30. The van der Waals surface area contributed by atoms with E-state index in [0.717, 1.165) is 47.7 Å². The molecule has 1 atom stereocenters. The van der Waals surface area contributed by atoms with Crippen LogP contribution in [0.5, 0.6) is 0 Å². The van der Waals surface area contributed by atoms with E-state index >= 15 is 0 Å². The van der Waals surface area contributed by atoms with Crippen molar-refractivity contribution < 1.29 is 4.79 Å². The van der Waals surface area contributed by atoms with Crippen molar-refractivity contribution in [2.24, 2.45) is 0 Å². The predicted molar refractivity (Wildman–Crippen MR) is 136 cm³/mol. The molecule has 4 N–H and O–H groups in total. The van der Waals surface area contributed by atoms with Crippen LogP contribution in [0, 0.1) is 5.41 Å². The fourth-order valence-corrected chi connectivity index (χ4v) is 5.48. The van der Waals surface area contributed by atoms with Crippen molar-refractivity contribution in [2.45, 2.75) is 30.7 Å². The SMILES string of the molecule is CCSc1cccc(C(=N)c2cc(NC(=O)C(c3ccsc3)N3CCCC3)ccc2N)c1.